The zero-order valence-electron chi connectivity index (χ0n) is 6.02. The van der Waals surface area contributed by atoms with Gasteiger partial charge in [0.05, 0.1) is 5.71 Å². The molecule has 12 heavy (non-hydrogen) atoms. The number of hydrogen-bond donors (Lipinski definition) is 0. The molecule has 0 atom stereocenters. The molecule has 2 nitrogen and oxygen atoms in total. The molecule has 1 aliphatic carbocycles. The maximum atomic E-state index is 10.7. The zero-order chi connectivity index (χ0) is 6.97. The molecule has 0 saturated heterocycles. The highest BCUT2D eigenvalue weighted by Gasteiger charge is 2.20. The average Bonchev–Trinajstić information content (AvgIpc) is 2.27. The van der Waals surface area contributed by atoms with Crippen LogP contribution in [0.25, 0.3) is 0 Å². The minimum Gasteiger partial charge on any atom is -0.259 e. The van der Waals surface area contributed by atoms with Gasteiger partial charge in [-0.2, -0.15) is 0 Å². The van der Waals surface area contributed by atoms with Gasteiger partial charge in [-0.15, -0.1) is 24.8 Å². The quantitative estimate of drug-likeness (QED) is 0.632. The molecule has 1 heterocycles. The van der Waals surface area contributed by atoms with Crippen molar-refractivity contribution in [2.24, 2.45) is 4.99 Å². The number of allylic oxidation sites excluding steroid dienone is 4. The van der Waals surface area contributed by atoms with E-state index >= 15 is 0 Å². The third-order valence-corrected chi connectivity index (χ3v) is 2.26. The van der Waals surface area contributed by atoms with E-state index < -0.39 is 0 Å². The number of hydrogen-bond acceptors (Lipinski definition) is 2. The summed E-state index contributed by atoms with van der Waals surface area (Å²) in [5, 5.41) is -0.0787. The molecule has 1 aliphatic heterocycles. The molecule has 2 rings (SSSR count). The minimum absolute atomic E-state index is 0. The lowest BCUT2D eigenvalue weighted by molar-refractivity contribution is 0.268. The molecule has 0 unspecified atom stereocenters. The smallest absolute Gasteiger partial charge is 0.259 e. The van der Waals surface area contributed by atoms with E-state index in [4.69, 9.17) is 0 Å². The number of halogens is 2. The summed E-state index contributed by atoms with van der Waals surface area (Å²) in [6.07, 6.45) is 6.70. The number of aliphatic imine (C=N–C) groups is 1. The highest BCUT2D eigenvalue weighted by Crippen LogP contribution is 2.30. The Kier molecular flexibility index (Phi) is 4.60. The second-order valence-electron chi connectivity index (χ2n) is 2.09. The fourth-order valence-electron chi connectivity index (χ4n) is 0.953. The third kappa shape index (κ3) is 2.12. The Hall–Kier alpha value is -0.250. The van der Waals surface area contributed by atoms with E-state index in [2.05, 4.69) is 4.99 Å². The van der Waals surface area contributed by atoms with Crippen molar-refractivity contribution in [2.75, 3.05) is 0 Å². The summed E-state index contributed by atoms with van der Waals surface area (Å²) >= 11 is 1.22. The Labute approximate surface area is 87.0 Å². The molecule has 0 bridgehead atoms. The van der Waals surface area contributed by atoms with Crippen LogP contribution in [-0.4, -0.2) is 11.0 Å². The minimum atomic E-state index is -0.0787. The first-order valence-electron chi connectivity index (χ1n) is 3.03. The normalized spacial score (nSPS) is 18.5. The predicted molar refractivity (Wildman–Crippen MR) is 56.8 cm³/mol. The van der Waals surface area contributed by atoms with Crippen LogP contribution >= 0.6 is 36.6 Å². The number of thioether (sulfide) groups is 1. The van der Waals surface area contributed by atoms with E-state index in [1.807, 2.05) is 18.2 Å². The lowest BCUT2D eigenvalue weighted by atomic mass is 10.1. The van der Waals surface area contributed by atoms with Crippen molar-refractivity contribution >= 4 is 47.5 Å². The second kappa shape index (κ2) is 4.70. The van der Waals surface area contributed by atoms with Gasteiger partial charge in [0.2, 0.25) is 0 Å². The van der Waals surface area contributed by atoms with Gasteiger partial charge in [0.15, 0.2) is 0 Å². The van der Waals surface area contributed by atoms with Crippen LogP contribution in [0, 0.1) is 0 Å². The van der Waals surface area contributed by atoms with Crippen LogP contribution < -0.4 is 0 Å². The SMILES string of the molecule is Cl.Cl.O=C1N=C2CC=CC=C2S1. The van der Waals surface area contributed by atoms with E-state index in [0.29, 0.717) is 0 Å². The number of nitrogens with zero attached hydrogens (tertiary/aromatic N) is 1. The summed E-state index contributed by atoms with van der Waals surface area (Å²) in [5.74, 6) is 0. The summed E-state index contributed by atoms with van der Waals surface area (Å²) in [6.45, 7) is 0. The second-order valence-corrected chi connectivity index (χ2v) is 3.08. The van der Waals surface area contributed by atoms with Crippen molar-refractivity contribution < 1.29 is 4.79 Å². The first-order chi connectivity index (χ1) is 4.86. The largest absolute Gasteiger partial charge is 0.309 e. The number of carbonyl (C=O) groups is 1. The molecular formula is C7H7Cl2NOS. The summed E-state index contributed by atoms with van der Waals surface area (Å²) < 4.78 is 0. The molecule has 2 aliphatic rings. The number of carbonyl (C=O) groups excluding carboxylic acids is 1. The van der Waals surface area contributed by atoms with Gasteiger partial charge >= 0.3 is 5.24 Å². The number of amides is 1. The highest BCUT2D eigenvalue weighted by molar-refractivity contribution is 8.18. The van der Waals surface area contributed by atoms with Gasteiger partial charge in [0, 0.05) is 11.3 Å². The molecule has 0 radical (unpaired) electrons. The van der Waals surface area contributed by atoms with Crippen LogP contribution in [0.15, 0.2) is 28.1 Å². The summed E-state index contributed by atoms with van der Waals surface area (Å²) in [6, 6.07) is 0. The van der Waals surface area contributed by atoms with Gasteiger partial charge < -0.3 is 0 Å². The maximum Gasteiger partial charge on any atom is 0.309 e. The highest BCUT2D eigenvalue weighted by atomic mass is 35.5. The lowest BCUT2D eigenvalue weighted by Crippen LogP contribution is -1.95. The molecule has 0 aromatic rings. The standard InChI is InChI=1S/C7H5NOS.2ClH/c9-7-8-5-3-1-2-4-6(5)10-7;;/h1-2,4H,3H2;2*1H. The predicted octanol–water partition coefficient (Wildman–Crippen LogP) is 2.98. The van der Waals surface area contributed by atoms with Gasteiger partial charge in [0.25, 0.3) is 0 Å². The third-order valence-electron chi connectivity index (χ3n) is 1.40. The van der Waals surface area contributed by atoms with Crippen LogP contribution in [0.3, 0.4) is 0 Å². The van der Waals surface area contributed by atoms with E-state index in [0.717, 1.165) is 17.0 Å². The van der Waals surface area contributed by atoms with Gasteiger partial charge in [-0.25, -0.2) is 4.99 Å². The van der Waals surface area contributed by atoms with Gasteiger partial charge in [-0.3, -0.25) is 4.79 Å². The van der Waals surface area contributed by atoms with Gasteiger partial charge in [0.1, 0.15) is 0 Å². The first-order valence-corrected chi connectivity index (χ1v) is 3.84. The Morgan fingerprint density at radius 3 is 2.83 bits per heavy atom. The first kappa shape index (κ1) is 11.8. The van der Waals surface area contributed by atoms with Gasteiger partial charge in [-0.1, -0.05) is 12.2 Å². The monoisotopic (exact) mass is 223 g/mol. The van der Waals surface area contributed by atoms with Crippen molar-refractivity contribution in [1.82, 2.24) is 0 Å². The lowest BCUT2D eigenvalue weighted by Gasteiger charge is -1.99. The van der Waals surface area contributed by atoms with Crippen LogP contribution in [0.4, 0.5) is 4.79 Å². The van der Waals surface area contributed by atoms with E-state index in [1.165, 1.54) is 11.8 Å². The summed E-state index contributed by atoms with van der Waals surface area (Å²) in [4.78, 5) is 15.6. The molecule has 0 spiro atoms. The molecule has 66 valence electrons. The molecule has 5 heteroatoms. The molecule has 0 N–H and O–H groups in total. The average molecular weight is 224 g/mol. The fraction of sp³-hybridized carbons (Fsp3) is 0.143. The van der Waals surface area contributed by atoms with E-state index in [1.54, 1.807) is 0 Å². The summed E-state index contributed by atoms with van der Waals surface area (Å²) in [5.41, 5.74) is 0.928. The Bertz CT molecular complexity index is 283. The van der Waals surface area contributed by atoms with E-state index in [-0.39, 0.29) is 30.1 Å². The van der Waals surface area contributed by atoms with E-state index in [9.17, 15) is 4.79 Å². The Morgan fingerprint density at radius 2 is 2.17 bits per heavy atom. The zero-order valence-corrected chi connectivity index (χ0v) is 8.47. The van der Waals surface area contributed by atoms with Crippen LogP contribution in [-0.2, 0) is 0 Å². The summed E-state index contributed by atoms with van der Waals surface area (Å²) in [7, 11) is 0. The van der Waals surface area contributed by atoms with Gasteiger partial charge in [-0.05, 0) is 17.8 Å². The van der Waals surface area contributed by atoms with Crippen molar-refractivity contribution in [2.45, 2.75) is 6.42 Å². The van der Waals surface area contributed by atoms with Crippen molar-refractivity contribution in [3.63, 3.8) is 0 Å². The molecule has 1 amide bonds. The van der Waals surface area contributed by atoms with Crippen LogP contribution in [0.1, 0.15) is 6.42 Å². The van der Waals surface area contributed by atoms with Crippen LogP contribution in [0.5, 0.6) is 0 Å². The molecule has 0 aromatic carbocycles. The Morgan fingerprint density at radius 1 is 1.42 bits per heavy atom. The fourth-order valence-corrected chi connectivity index (χ4v) is 1.69. The van der Waals surface area contributed by atoms with Crippen molar-refractivity contribution in [3.05, 3.63) is 23.1 Å². The number of fused-ring (bicyclic) bond motifs is 1. The van der Waals surface area contributed by atoms with Crippen molar-refractivity contribution in [1.29, 1.82) is 0 Å². The molecule has 0 aromatic heterocycles. The molecule has 0 fully saturated rings. The topological polar surface area (TPSA) is 29.4 Å². The molecule has 0 saturated carbocycles. The van der Waals surface area contributed by atoms with Crippen LogP contribution in [0.2, 0.25) is 0 Å². The molecular weight excluding hydrogens is 217 g/mol. The van der Waals surface area contributed by atoms with Crippen molar-refractivity contribution in [3.8, 4) is 0 Å². The maximum absolute atomic E-state index is 10.7. The Balaban J connectivity index is 0.000000605. The number of rotatable bonds is 0.